The van der Waals surface area contributed by atoms with Crippen molar-refractivity contribution in [2.45, 2.75) is 25.7 Å². The Hall–Kier alpha value is -2.64. The van der Waals surface area contributed by atoms with Crippen LogP contribution in [0.3, 0.4) is 0 Å². The normalized spacial score (nSPS) is 14.5. The van der Waals surface area contributed by atoms with E-state index in [1.165, 1.54) is 5.56 Å². The number of rotatable bonds is 1. The predicted octanol–water partition coefficient (Wildman–Crippen LogP) is 4.76. The Morgan fingerprint density at radius 2 is 2.00 bits per heavy atom. The number of fused-ring (bicyclic) bond motifs is 3. The second kappa shape index (κ2) is 5.19. The van der Waals surface area contributed by atoms with E-state index in [2.05, 4.69) is 43.1 Å². The Morgan fingerprint density at radius 3 is 2.71 bits per heavy atom. The van der Waals surface area contributed by atoms with E-state index < -0.39 is 0 Å². The fraction of sp³-hybridized carbons (Fsp3) is 0.200. The average molecular weight is 331 g/mol. The highest BCUT2D eigenvalue weighted by molar-refractivity contribution is 7.13. The van der Waals surface area contributed by atoms with Crippen LogP contribution < -0.4 is 5.73 Å². The molecule has 0 atom stereocenters. The number of benzene rings is 1. The Morgan fingerprint density at radius 1 is 1.21 bits per heavy atom. The summed E-state index contributed by atoms with van der Waals surface area (Å²) < 4.78 is 0. The van der Waals surface area contributed by atoms with Gasteiger partial charge in [0.2, 0.25) is 0 Å². The molecular formula is C20H17N3S. The van der Waals surface area contributed by atoms with Gasteiger partial charge in [-0.15, -0.1) is 11.3 Å². The van der Waals surface area contributed by atoms with Crippen molar-refractivity contribution in [1.29, 1.82) is 5.26 Å². The number of pyridine rings is 1. The van der Waals surface area contributed by atoms with Crippen LogP contribution in [0.1, 0.15) is 30.5 Å². The van der Waals surface area contributed by atoms with E-state index in [1.807, 2.05) is 23.6 Å². The smallest absolute Gasteiger partial charge is 0.142 e. The van der Waals surface area contributed by atoms with E-state index in [0.29, 0.717) is 11.4 Å². The van der Waals surface area contributed by atoms with E-state index in [-0.39, 0.29) is 5.41 Å². The Kier molecular flexibility index (Phi) is 3.22. The van der Waals surface area contributed by atoms with Gasteiger partial charge in [0.15, 0.2) is 0 Å². The van der Waals surface area contributed by atoms with E-state index in [4.69, 9.17) is 5.73 Å². The van der Waals surface area contributed by atoms with Crippen LogP contribution in [0.5, 0.6) is 0 Å². The summed E-state index contributed by atoms with van der Waals surface area (Å²) >= 11 is 1.63. The van der Waals surface area contributed by atoms with Crippen molar-refractivity contribution in [1.82, 2.24) is 4.98 Å². The fourth-order valence-corrected chi connectivity index (χ4v) is 4.46. The van der Waals surface area contributed by atoms with Gasteiger partial charge in [-0.05, 0) is 34.4 Å². The first-order valence-corrected chi connectivity index (χ1v) is 8.77. The molecule has 0 unspecified atom stereocenters. The molecule has 118 valence electrons. The molecule has 2 aromatic heterocycles. The number of nitrogens with two attached hydrogens (primary N) is 1. The molecule has 0 saturated carbocycles. The topological polar surface area (TPSA) is 62.7 Å². The molecule has 1 aliphatic carbocycles. The van der Waals surface area contributed by atoms with Crippen LogP contribution >= 0.6 is 11.3 Å². The molecule has 0 amide bonds. The summed E-state index contributed by atoms with van der Waals surface area (Å²) in [7, 11) is 0. The zero-order chi connectivity index (χ0) is 16.9. The lowest BCUT2D eigenvalue weighted by Crippen LogP contribution is -2.27. The molecule has 0 spiro atoms. The van der Waals surface area contributed by atoms with E-state index in [9.17, 15) is 5.26 Å². The van der Waals surface area contributed by atoms with Gasteiger partial charge in [-0.25, -0.2) is 4.98 Å². The van der Waals surface area contributed by atoms with Gasteiger partial charge >= 0.3 is 0 Å². The molecule has 0 saturated heterocycles. The van der Waals surface area contributed by atoms with Crippen molar-refractivity contribution in [3.8, 4) is 27.8 Å². The van der Waals surface area contributed by atoms with Crippen LogP contribution in [0.4, 0.5) is 5.82 Å². The van der Waals surface area contributed by atoms with Gasteiger partial charge < -0.3 is 5.73 Å². The minimum atomic E-state index is -0.0138. The number of thiophene rings is 1. The summed E-state index contributed by atoms with van der Waals surface area (Å²) in [5.41, 5.74) is 12.1. The van der Waals surface area contributed by atoms with Crippen molar-refractivity contribution < 1.29 is 0 Å². The number of anilines is 1. The van der Waals surface area contributed by atoms with Gasteiger partial charge in [0.1, 0.15) is 17.5 Å². The number of nitrogen functional groups attached to an aromatic ring is 1. The molecule has 3 aromatic rings. The number of aromatic nitrogens is 1. The van der Waals surface area contributed by atoms with Crippen LogP contribution in [0.2, 0.25) is 0 Å². The minimum absolute atomic E-state index is 0.0138. The Labute approximate surface area is 145 Å². The molecule has 4 rings (SSSR count). The van der Waals surface area contributed by atoms with Gasteiger partial charge in [-0.1, -0.05) is 44.2 Å². The second-order valence-electron chi connectivity index (χ2n) is 6.77. The third kappa shape index (κ3) is 2.05. The number of nitriles is 1. The van der Waals surface area contributed by atoms with Crippen LogP contribution in [-0.4, -0.2) is 4.98 Å². The van der Waals surface area contributed by atoms with E-state index in [1.54, 1.807) is 11.3 Å². The van der Waals surface area contributed by atoms with Gasteiger partial charge in [-0.2, -0.15) is 5.26 Å². The Balaban J connectivity index is 2.13. The number of hydrogen-bond acceptors (Lipinski definition) is 4. The summed E-state index contributed by atoms with van der Waals surface area (Å²) in [4.78, 5) is 5.70. The summed E-state index contributed by atoms with van der Waals surface area (Å²) in [6.07, 6.45) is 0.842. The fourth-order valence-electron chi connectivity index (χ4n) is 3.66. The lowest BCUT2D eigenvalue weighted by molar-refractivity contribution is 0.516. The first-order valence-electron chi connectivity index (χ1n) is 7.89. The maximum absolute atomic E-state index is 9.66. The molecule has 0 aliphatic heterocycles. The molecule has 0 bridgehead atoms. The van der Waals surface area contributed by atoms with E-state index >= 15 is 0 Å². The van der Waals surface area contributed by atoms with Gasteiger partial charge in [0, 0.05) is 16.0 Å². The lowest BCUT2D eigenvalue weighted by Gasteiger charge is -2.35. The van der Waals surface area contributed by atoms with Crippen molar-refractivity contribution in [3.63, 3.8) is 0 Å². The summed E-state index contributed by atoms with van der Waals surface area (Å²) in [6, 6.07) is 14.7. The molecular weight excluding hydrogens is 314 g/mol. The van der Waals surface area contributed by atoms with Gasteiger partial charge in [0.25, 0.3) is 0 Å². The Bertz CT molecular complexity index is 979. The average Bonchev–Trinajstić information content (AvgIpc) is 3.09. The molecule has 2 heterocycles. The zero-order valence-corrected chi connectivity index (χ0v) is 14.4. The highest BCUT2D eigenvalue weighted by Gasteiger charge is 2.34. The van der Waals surface area contributed by atoms with Crippen LogP contribution in [0, 0.1) is 11.3 Å². The quantitative estimate of drug-likeness (QED) is 0.699. The molecule has 24 heavy (non-hydrogen) atoms. The highest BCUT2D eigenvalue weighted by Crippen LogP contribution is 2.47. The SMILES string of the molecule is CC1(C)Cc2c(nc(N)c(C#N)c2-c2cccs2)-c2ccccc21. The van der Waals surface area contributed by atoms with Crippen molar-refractivity contribution in [2.24, 2.45) is 0 Å². The molecule has 0 fully saturated rings. The van der Waals surface area contributed by atoms with Crippen LogP contribution in [-0.2, 0) is 11.8 Å². The molecule has 1 aliphatic rings. The molecule has 3 nitrogen and oxygen atoms in total. The zero-order valence-electron chi connectivity index (χ0n) is 13.6. The predicted molar refractivity (Wildman–Crippen MR) is 98.8 cm³/mol. The first-order chi connectivity index (χ1) is 11.5. The molecule has 0 radical (unpaired) electrons. The van der Waals surface area contributed by atoms with Gasteiger partial charge in [0.05, 0.1) is 5.69 Å². The summed E-state index contributed by atoms with van der Waals surface area (Å²) in [5.74, 6) is 0.314. The van der Waals surface area contributed by atoms with Gasteiger partial charge in [-0.3, -0.25) is 0 Å². The molecule has 1 aromatic carbocycles. The van der Waals surface area contributed by atoms with Crippen molar-refractivity contribution in [2.75, 3.05) is 5.73 Å². The van der Waals surface area contributed by atoms with E-state index in [0.717, 1.165) is 33.7 Å². The standard InChI is InChI=1S/C20H17N3S/c1-20(2)10-13-17(16-8-5-9-24-16)14(11-21)19(22)23-18(13)12-6-3-4-7-15(12)20/h3-9H,10H2,1-2H3,(H2,22,23). The number of hydrogen-bond donors (Lipinski definition) is 1. The summed E-state index contributed by atoms with van der Waals surface area (Å²) in [5, 5.41) is 11.7. The maximum Gasteiger partial charge on any atom is 0.142 e. The lowest BCUT2D eigenvalue weighted by atomic mass is 9.70. The minimum Gasteiger partial charge on any atom is -0.383 e. The highest BCUT2D eigenvalue weighted by atomic mass is 32.1. The number of nitrogens with zero attached hydrogens (tertiary/aromatic N) is 2. The largest absolute Gasteiger partial charge is 0.383 e. The molecule has 2 N–H and O–H groups in total. The van der Waals surface area contributed by atoms with Crippen molar-refractivity contribution >= 4 is 17.2 Å². The second-order valence-corrected chi connectivity index (χ2v) is 7.72. The van der Waals surface area contributed by atoms with Crippen molar-refractivity contribution in [3.05, 3.63) is 58.5 Å². The van der Waals surface area contributed by atoms with Crippen LogP contribution in [0.25, 0.3) is 21.7 Å². The third-order valence-corrected chi connectivity index (χ3v) is 5.62. The third-order valence-electron chi connectivity index (χ3n) is 4.74. The monoisotopic (exact) mass is 331 g/mol. The van der Waals surface area contributed by atoms with Crippen LogP contribution in [0.15, 0.2) is 41.8 Å². The molecule has 4 heteroatoms. The summed E-state index contributed by atoms with van der Waals surface area (Å²) in [6.45, 7) is 4.49. The first kappa shape index (κ1) is 14.9. The maximum atomic E-state index is 9.66.